The highest BCUT2D eigenvalue weighted by atomic mass is 32.2. The van der Waals surface area contributed by atoms with Crippen LogP contribution >= 0.6 is 0 Å². The molecule has 2 aromatic carbocycles. The molecule has 2 rings (SSSR count). The van der Waals surface area contributed by atoms with E-state index in [1.165, 1.54) is 24.3 Å². The molecule has 146 valence electrons. The number of ether oxygens (including phenoxy) is 1. The summed E-state index contributed by atoms with van der Waals surface area (Å²) in [6, 6.07) is 6.88. The van der Waals surface area contributed by atoms with E-state index in [2.05, 4.69) is 10.0 Å². The van der Waals surface area contributed by atoms with Crippen molar-refractivity contribution >= 4 is 21.6 Å². The van der Waals surface area contributed by atoms with Gasteiger partial charge in [0.25, 0.3) is 5.91 Å². The zero-order chi connectivity index (χ0) is 20.0. The Kier molecular flexibility index (Phi) is 6.81. The number of sulfonamides is 1. The fourth-order valence-electron chi connectivity index (χ4n) is 1.99. The Morgan fingerprint density at radius 1 is 1.04 bits per heavy atom. The van der Waals surface area contributed by atoms with Gasteiger partial charge in [-0.3, -0.25) is 4.79 Å². The highest BCUT2D eigenvalue weighted by molar-refractivity contribution is 7.89. The number of carbonyl (C=O) groups is 1. The summed E-state index contributed by atoms with van der Waals surface area (Å²) in [5, 5.41) is 2.06. The van der Waals surface area contributed by atoms with Crippen molar-refractivity contribution in [1.82, 2.24) is 4.72 Å². The zero-order valence-corrected chi connectivity index (χ0v) is 15.1. The average molecular weight is 402 g/mol. The fraction of sp³-hybridized carbons (Fsp3) is 0.235. The Morgan fingerprint density at radius 2 is 1.70 bits per heavy atom. The van der Waals surface area contributed by atoms with Gasteiger partial charge in [-0.25, -0.2) is 26.3 Å². The number of nitrogens with one attached hydrogen (secondary N) is 2. The summed E-state index contributed by atoms with van der Waals surface area (Å²) in [4.78, 5) is 11.8. The number of amides is 1. The van der Waals surface area contributed by atoms with E-state index in [-0.39, 0.29) is 10.6 Å². The van der Waals surface area contributed by atoms with Gasteiger partial charge in [-0.15, -0.1) is 0 Å². The maximum atomic E-state index is 13.5. The van der Waals surface area contributed by atoms with Crippen molar-refractivity contribution < 1.29 is 31.1 Å². The number of hydrogen-bond acceptors (Lipinski definition) is 4. The third kappa shape index (κ3) is 5.44. The van der Waals surface area contributed by atoms with E-state index in [9.17, 15) is 26.4 Å². The van der Waals surface area contributed by atoms with Crippen LogP contribution in [0.2, 0.25) is 0 Å². The lowest BCUT2D eigenvalue weighted by atomic mass is 10.3. The minimum atomic E-state index is -3.62. The Hall–Kier alpha value is -2.59. The lowest BCUT2D eigenvalue weighted by Gasteiger charge is -2.10. The molecule has 0 saturated heterocycles. The molecule has 0 saturated carbocycles. The summed E-state index contributed by atoms with van der Waals surface area (Å²) in [6.45, 7) is 1.59. The lowest BCUT2D eigenvalue weighted by molar-refractivity contribution is -0.118. The van der Waals surface area contributed by atoms with Gasteiger partial charge in [0.1, 0.15) is 5.75 Å². The second-order valence-electron chi connectivity index (χ2n) is 5.43. The molecule has 0 aliphatic heterocycles. The summed E-state index contributed by atoms with van der Waals surface area (Å²) in [5.41, 5.74) is -0.522. The molecule has 0 aromatic heterocycles. The van der Waals surface area contributed by atoms with Crippen LogP contribution in [0.5, 0.6) is 5.75 Å². The number of rotatable bonds is 8. The SMILES string of the molecule is CCCNS(=O)(=O)c1ccc(OCC(=O)Nc2ccc(F)c(F)c2F)cc1. The molecule has 2 N–H and O–H groups in total. The van der Waals surface area contributed by atoms with Crippen molar-refractivity contribution in [2.45, 2.75) is 18.2 Å². The number of hydrogen-bond donors (Lipinski definition) is 2. The van der Waals surface area contributed by atoms with Gasteiger partial charge in [-0.2, -0.15) is 0 Å². The van der Waals surface area contributed by atoms with Gasteiger partial charge in [0.2, 0.25) is 10.0 Å². The summed E-state index contributed by atoms with van der Waals surface area (Å²) in [7, 11) is -3.62. The molecule has 1 amide bonds. The van der Waals surface area contributed by atoms with Gasteiger partial charge in [0.15, 0.2) is 24.1 Å². The maximum Gasteiger partial charge on any atom is 0.262 e. The molecule has 0 bridgehead atoms. The summed E-state index contributed by atoms with van der Waals surface area (Å²) >= 11 is 0. The van der Waals surface area contributed by atoms with Gasteiger partial charge in [0, 0.05) is 6.54 Å². The molecule has 0 aliphatic carbocycles. The number of benzene rings is 2. The molecule has 6 nitrogen and oxygen atoms in total. The van der Waals surface area contributed by atoms with Crippen molar-refractivity contribution in [3.8, 4) is 5.75 Å². The topological polar surface area (TPSA) is 84.5 Å². The largest absolute Gasteiger partial charge is 0.484 e. The zero-order valence-electron chi connectivity index (χ0n) is 14.3. The quantitative estimate of drug-likeness (QED) is 0.665. The molecule has 27 heavy (non-hydrogen) atoms. The molecule has 0 atom stereocenters. The molecule has 0 spiro atoms. The maximum absolute atomic E-state index is 13.5. The molecule has 0 unspecified atom stereocenters. The van der Waals surface area contributed by atoms with Crippen LogP contribution in [-0.2, 0) is 14.8 Å². The van der Waals surface area contributed by atoms with Crippen LogP contribution in [0.3, 0.4) is 0 Å². The summed E-state index contributed by atoms with van der Waals surface area (Å²) in [6.07, 6.45) is 0.647. The average Bonchev–Trinajstić information content (AvgIpc) is 2.65. The van der Waals surface area contributed by atoms with Crippen molar-refractivity contribution in [2.24, 2.45) is 0 Å². The summed E-state index contributed by atoms with van der Waals surface area (Å²) < 4.78 is 70.9. The van der Waals surface area contributed by atoms with E-state index in [0.717, 1.165) is 6.07 Å². The first-order valence-corrected chi connectivity index (χ1v) is 9.38. The first-order chi connectivity index (χ1) is 12.7. The minimum absolute atomic E-state index is 0.0385. The Morgan fingerprint density at radius 3 is 2.33 bits per heavy atom. The van der Waals surface area contributed by atoms with Crippen LogP contribution < -0.4 is 14.8 Å². The van der Waals surface area contributed by atoms with Crippen LogP contribution in [0.4, 0.5) is 18.9 Å². The predicted octanol–water partition coefficient (Wildman–Crippen LogP) is 2.81. The molecule has 0 aliphatic rings. The molecular formula is C17H17F3N2O4S. The Bertz CT molecular complexity index is 919. The highest BCUT2D eigenvalue weighted by Gasteiger charge is 2.16. The monoisotopic (exact) mass is 402 g/mol. The Balaban J connectivity index is 1.95. The number of halogens is 3. The third-order valence-electron chi connectivity index (χ3n) is 3.36. The van der Waals surface area contributed by atoms with Crippen LogP contribution in [-0.4, -0.2) is 27.5 Å². The standard InChI is InChI=1S/C17H17F3N2O4S/c1-2-9-21-27(24,25)12-5-3-11(4-6-12)26-10-15(23)22-14-8-7-13(18)16(19)17(14)20/h3-8,21H,2,9-10H2,1H3,(H,22,23). The van der Waals surface area contributed by atoms with Gasteiger partial charge in [-0.1, -0.05) is 6.92 Å². The molecule has 10 heteroatoms. The van der Waals surface area contributed by atoms with Gasteiger partial charge in [-0.05, 0) is 42.8 Å². The van der Waals surface area contributed by atoms with E-state index in [1.807, 2.05) is 6.92 Å². The van der Waals surface area contributed by atoms with Crippen LogP contribution in [0.15, 0.2) is 41.3 Å². The second kappa shape index (κ2) is 8.87. The Labute approximate surface area is 154 Å². The van der Waals surface area contributed by atoms with Gasteiger partial charge in [0.05, 0.1) is 10.6 Å². The van der Waals surface area contributed by atoms with E-state index >= 15 is 0 Å². The van der Waals surface area contributed by atoms with Crippen molar-refractivity contribution in [1.29, 1.82) is 0 Å². The van der Waals surface area contributed by atoms with E-state index < -0.39 is 45.7 Å². The predicted molar refractivity (Wildman–Crippen MR) is 92.4 cm³/mol. The van der Waals surface area contributed by atoms with Crippen LogP contribution in [0, 0.1) is 17.5 Å². The molecular weight excluding hydrogens is 385 g/mol. The van der Waals surface area contributed by atoms with E-state index in [0.29, 0.717) is 19.0 Å². The normalized spacial score (nSPS) is 11.3. The second-order valence-corrected chi connectivity index (χ2v) is 7.20. The van der Waals surface area contributed by atoms with E-state index in [1.54, 1.807) is 0 Å². The molecule has 0 fully saturated rings. The number of anilines is 1. The summed E-state index contributed by atoms with van der Waals surface area (Å²) in [5.74, 6) is -5.18. The molecule has 2 aromatic rings. The van der Waals surface area contributed by atoms with Crippen LogP contribution in [0.25, 0.3) is 0 Å². The van der Waals surface area contributed by atoms with Crippen LogP contribution in [0.1, 0.15) is 13.3 Å². The third-order valence-corrected chi connectivity index (χ3v) is 4.83. The lowest BCUT2D eigenvalue weighted by Crippen LogP contribution is -2.24. The van der Waals surface area contributed by atoms with Gasteiger partial charge >= 0.3 is 0 Å². The number of carbonyl (C=O) groups excluding carboxylic acids is 1. The minimum Gasteiger partial charge on any atom is -0.484 e. The molecule has 0 heterocycles. The van der Waals surface area contributed by atoms with E-state index in [4.69, 9.17) is 4.74 Å². The highest BCUT2D eigenvalue weighted by Crippen LogP contribution is 2.20. The molecule has 0 radical (unpaired) electrons. The fourth-order valence-corrected chi connectivity index (χ4v) is 3.13. The first kappa shape index (κ1) is 20.7. The smallest absolute Gasteiger partial charge is 0.262 e. The van der Waals surface area contributed by atoms with Crippen molar-refractivity contribution in [3.05, 3.63) is 53.8 Å². The van der Waals surface area contributed by atoms with Gasteiger partial charge < -0.3 is 10.1 Å². The van der Waals surface area contributed by atoms with Crippen molar-refractivity contribution in [2.75, 3.05) is 18.5 Å². The first-order valence-electron chi connectivity index (χ1n) is 7.90. The van der Waals surface area contributed by atoms with Crippen molar-refractivity contribution in [3.63, 3.8) is 0 Å².